The van der Waals surface area contributed by atoms with Crippen LogP contribution in [0, 0.1) is 0 Å². The second kappa shape index (κ2) is 5.55. The summed E-state index contributed by atoms with van der Waals surface area (Å²) in [5.41, 5.74) is 0. The van der Waals surface area contributed by atoms with Gasteiger partial charge in [0.2, 0.25) is 0 Å². The Morgan fingerprint density at radius 2 is 1.19 bits per heavy atom. The zero-order valence-corrected chi connectivity index (χ0v) is 17.3. The van der Waals surface area contributed by atoms with Crippen LogP contribution >= 0.6 is 23.5 Å². The van der Waals surface area contributed by atoms with E-state index in [1.165, 1.54) is 11.5 Å². The van der Waals surface area contributed by atoms with Crippen molar-refractivity contribution in [2.24, 2.45) is 0 Å². The van der Waals surface area contributed by atoms with Gasteiger partial charge < -0.3 is 0 Å². The molecule has 6 heteroatoms. The Kier molecular flexibility index (Phi) is 4.51. The standard InChI is InChI=1S/C10H10S2Se4/c1-5-6(2)14-9(13-5)10-15-7-8(16-10)12-4-3-11-7/h3-4H2,1-2H3. The van der Waals surface area contributed by atoms with E-state index in [0.29, 0.717) is 0 Å². The maximum absolute atomic E-state index is 2.36. The Hall–Kier alpha value is 2.00. The molecule has 0 radical (unpaired) electrons. The molecule has 0 aliphatic carbocycles. The fourth-order valence-electron chi connectivity index (χ4n) is 1.33. The molecule has 0 aromatic rings. The fourth-order valence-corrected chi connectivity index (χ4v) is 22.7. The summed E-state index contributed by atoms with van der Waals surface area (Å²) in [6, 6.07) is 0. The molecule has 0 aromatic heterocycles. The summed E-state index contributed by atoms with van der Waals surface area (Å²) in [6.07, 6.45) is 0. The zero-order chi connectivity index (χ0) is 11.1. The Balaban J connectivity index is 1.79. The topological polar surface area (TPSA) is 0 Å². The second-order valence-electron chi connectivity index (χ2n) is 3.37. The summed E-state index contributed by atoms with van der Waals surface area (Å²) in [7, 11) is 0. The molecule has 3 aliphatic heterocycles. The summed E-state index contributed by atoms with van der Waals surface area (Å²) in [6.45, 7) is 4.72. The van der Waals surface area contributed by atoms with Gasteiger partial charge in [-0.3, -0.25) is 0 Å². The minimum absolute atomic E-state index is 0.743. The zero-order valence-electron chi connectivity index (χ0n) is 8.86. The maximum atomic E-state index is 2.36. The summed E-state index contributed by atoms with van der Waals surface area (Å²) in [5, 5.41) is 0. The molecule has 0 amide bonds. The number of hydrogen-bond acceptors (Lipinski definition) is 2. The quantitative estimate of drug-likeness (QED) is 0.457. The van der Waals surface area contributed by atoms with Crippen LogP contribution < -0.4 is 0 Å². The molecule has 0 bridgehead atoms. The van der Waals surface area contributed by atoms with Crippen LogP contribution in [-0.2, 0) is 0 Å². The van der Waals surface area contributed by atoms with Crippen LogP contribution in [0.25, 0.3) is 0 Å². The normalized spacial score (nSPS) is 25.9. The summed E-state index contributed by atoms with van der Waals surface area (Å²) >= 11 is 7.31. The first kappa shape index (κ1) is 13.0. The molecule has 16 heavy (non-hydrogen) atoms. The van der Waals surface area contributed by atoms with E-state index in [2.05, 4.69) is 37.4 Å². The number of hydrogen-bond donors (Lipinski definition) is 0. The van der Waals surface area contributed by atoms with Crippen molar-refractivity contribution in [1.29, 1.82) is 0 Å². The third-order valence-electron chi connectivity index (χ3n) is 2.24. The summed E-state index contributed by atoms with van der Waals surface area (Å²) < 4.78 is 10.9. The Morgan fingerprint density at radius 1 is 0.750 bits per heavy atom. The molecular formula is C10H10S2Se4. The molecule has 3 rings (SSSR count). The molecule has 0 saturated carbocycles. The van der Waals surface area contributed by atoms with E-state index in [0.717, 1.165) is 59.8 Å². The third-order valence-corrected chi connectivity index (χ3v) is 22.3. The van der Waals surface area contributed by atoms with Gasteiger partial charge in [0, 0.05) is 0 Å². The Labute approximate surface area is 130 Å². The van der Waals surface area contributed by atoms with E-state index in [4.69, 9.17) is 0 Å². The van der Waals surface area contributed by atoms with Crippen molar-refractivity contribution in [2.75, 3.05) is 11.5 Å². The molecule has 3 aliphatic rings. The molecule has 0 N–H and O–H groups in total. The number of allylic oxidation sites excluding steroid dienone is 2. The average Bonchev–Trinajstić information content (AvgIpc) is 2.83. The van der Waals surface area contributed by atoms with E-state index in [1.54, 1.807) is 16.6 Å². The van der Waals surface area contributed by atoms with Gasteiger partial charge in [-0.15, -0.1) is 0 Å². The first-order valence-corrected chi connectivity index (χ1v) is 13.7. The van der Waals surface area contributed by atoms with E-state index >= 15 is 0 Å². The fraction of sp³-hybridized carbons (Fsp3) is 0.400. The number of rotatable bonds is 0. The van der Waals surface area contributed by atoms with Crippen molar-refractivity contribution >= 4 is 83.4 Å². The van der Waals surface area contributed by atoms with Gasteiger partial charge in [0.25, 0.3) is 0 Å². The van der Waals surface area contributed by atoms with Crippen LogP contribution in [0.2, 0.25) is 0 Å². The Bertz CT molecular complexity index is 400. The predicted octanol–water partition coefficient (Wildman–Crippen LogP) is 1.81. The average molecular weight is 510 g/mol. The van der Waals surface area contributed by atoms with Gasteiger partial charge in [-0.1, -0.05) is 0 Å². The van der Waals surface area contributed by atoms with Gasteiger partial charge in [-0.25, -0.2) is 0 Å². The van der Waals surface area contributed by atoms with E-state index < -0.39 is 0 Å². The van der Waals surface area contributed by atoms with Crippen LogP contribution in [0.3, 0.4) is 0 Å². The molecule has 0 nitrogen and oxygen atoms in total. The minimum atomic E-state index is 0.743. The van der Waals surface area contributed by atoms with Gasteiger partial charge in [0.15, 0.2) is 0 Å². The molecule has 0 aromatic carbocycles. The van der Waals surface area contributed by atoms with Gasteiger partial charge in [0.05, 0.1) is 0 Å². The SMILES string of the molecule is CC1=C(C)[Se]C(=C2[Se]C3=C(SCCS3)[Se]2)[Se]1. The van der Waals surface area contributed by atoms with Crippen LogP contribution in [0.5, 0.6) is 0 Å². The van der Waals surface area contributed by atoms with Crippen LogP contribution in [0.1, 0.15) is 13.8 Å². The van der Waals surface area contributed by atoms with Crippen LogP contribution in [0.4, 0.5) is 0 Å². The van der Waals surface area contributed by atoms with Gasteiger partial charge in [-0.2, -0.15) is 0 Å². The summed E-state index contributed by atoms with van der Waals surface area (Å²) in [5.74, 6) is 2.72. The molecule has 3 heterocycles. The predicted molar refractivity (Wildman–Crippen MR) is 80.4 cm³/mol. The monoisotopic (exact) mass is 514 g/mol. The third kappa shape index (κ3) is 2.63. The summed E-state index contributed by atoms with van der Waals surface area (Å²) in [4.78, 5) is 0. The van der Waals surface area contributed by atoms with Crippen LogP contribution in [0.15, 0.2) is 23.3 Å². The first-order chi connectivity index (χ1) is 7.74. The van der Waals surface area contributed by atoms with E-state index in [1.807, 2.05) is 6.74 Å². The molecule has 0 spiro atoms. The molecule has 86 valence electrons. The van der Waals surface area contributed by atoms with Gasteiger partial charge in [-0.05, 0) is 0 Å². The van der Waals surface area contributed by atoms with Crippen molar-refractivity contribution in [2.45, 2.75) is 13.8 Å². The van der Waals surface area contributed by atoms with Gasteiger partial charge >= 0.3 is 132 Å². The van der Waals surface area contributed by atoms with Crippen molar-refractivity contribution in [3.63, 3.8) is 0 Å². The molecule has 0 saturated heterocycles. The molecule has 0 atom stereocenters. The van der Waals surface area contributed by atoms with Crippen molar-refractivity contribution in [3.05, 3.63) is 23.3 Å². The Morgan fingerprint density at radius 3 is 1.69 bits per heavy atom. The van der Waals surface area contributed by atoms with Gasteiger partial charge in [0.1, 0.15) is 0 Å². The van der Waals surface area contributed by atoms with Crippen LogP contribution in [-0.4, -0.2) is 71.3 Å². The van der Waals surface area contributed by atoms with Crippen molar-refractivity contribution in [3.8, 4) is 0 Å². The first-order valence-electron chi connectivity index (χ1n) is 4.87. The molecule has 0 unspecified atom stereocenters. The second-order valence-corrected chi connectivity index (χ2v) is 18.8. The van der Waals surface area contributed by atoms with E-state index in [-0.39, 0.29) is 0 Å². The van der Waals surface area contributed by atoms with E-state index in [9.17, 15) is 0 Å². The molecular weight excluding hydrogens is 500 g/mol. The van der Waals surface area contributed by atoms with Crippen molar-refractivity contribution < 1.29 is 0 Å². The van der Waals surface area contributed by atoms with Crippen molar-refractivity contribution in [1.82, 2.24) is 0 Å². The molecule has 0 fully saturated rings. The number of thioether (sulfide) groups is 2.